The number of allylic oxidation sites excluding steroid dienone is 1. The molecule has 4 nitrogen and oxygen atoms in total. The lowest BCUT2D eigenvalue weighted by atomic mass is 9.97. The molecule has 0 aliphatic heterocycles. The van der Waals surface area contributed by atoms with Gasteiger partial charge < -0.3 is 13.9 Å². The van der Waals surface area contributed by atoms with Crippen LogP contribution in [0, 0.1) is 0 Å². The topological polar surface area (TPSA) is 44.8 Å². The van der Waals surface area contributed by atoms with E-state index >= 15 is 0 Å². The fourth-order valence-electron chi connectivity index (χ4n) is 3.58. The zero-order valence-corrected chi connectivity index (χ0v) is 21.6. The summed E-state index contributed by atoms with van der Waals surface area (Å²) >= 11 is 0. The van der Waals surface area contributed by atoms with Gasteiger partial charge in [-0.1, -0.05) is 93.6 Å². The van der Waals surface area contributed by atoms with Crippen LogP contribution in [0.25, 0.3) is 0 Å². The molecular weight excluding hydrogens is 428 g/mol. The Bertz CT molecular complexity index is 902. The van der Waals surface area contributed by atoms with Crippen LogP contribution >= 0.6 is 0 Å². The third kappa shape index (κ3) is 7.21. The van der Waals surface area contributed by atoms with Crippen LogP contribution in [0.5, 0.6) is 0 Å². The van der Waals surface area contributed by atoms with Crippen molar-refractivity contribution in [2.45, 2.75) is 83.3 Å². The Balaban J connectivity index is 1.89. The fraction of sp³-hybridized carbons (Fsp3) is 0.464. The highest BCUT2D eigenvalue weighted by molar-refractivity contribution is 6.74. The molecule has 0 amide bonds. The summed E-state index contributed by atoms with van der Waals surface area (Å²) in [6.07, 6.45) is 3.71. The van der Waals surface area contributed by atoms with Crippen molar-refractivity contribution >= 4 is 14.1 Å². The van der Waals surface area contributed by atoms with Gasteiger partial charge in [0.05, 0.1) is 19.3 Å². The summed E-state index contributed by atoms with van der Waals surface area (Å²) < 4.78 is 19.5. The van der Waals surface area contributed by atoms with Crippen LogP contribution < -0.4 is 0 Å². The van der Waals surface area contributed by atoms with E-state index in [1.54, 1.807) is 0 Å². The van der Waals surface area contributed by atoms with Gasteiger partial charge in [-0.15, -0.1) is 0 Å². The van der Waals surface area contributed by atoms with Crippen molar-refractivity contribution in [3.8, 4) is 0 Å². The second-order valence-electron chi connectivity index (χ2n) is 10.3. The van der Waals surface area contributed by atoms with Gasteiger partial charge in [-0.25, -0.2) is 0 Å². The number of Topliss-reactive ketones (excluding diaryl/α,β-unsaturated/α-hetero) is 1. The van der Waals surface area contributed by atoms with Gasteiger partial charge >= 0.3 is 0 Å². The molecule has 0 unspecified atom stereocenters. The summed E-state index contributed by atoms with van der Waals surface area (Å²) in [5.41, 5.74) is 2.09. The lowest BCUT2D eigenvalue weighted by Gasteiger charge is -2.42. The Morgan fingerprint density at radius 1 is 0.879 bits per heavy atom. The van der Waals surface area contributed by atoms with E-state index in [1.165, 1.54) is 0 Å². The summed E-state index contributed by atoms with van der Waals surface area (Å²) in [6.45, 7) is 11.9. The third-order valence-electron chi connectivity index (χ3n) is 6.62. The van der Waals surface area contributed by atoms with E-state index in [-0.39, 0.29) is 16.9 Å². The molecule has 178 valence electrons. The number of hydrogen-bond donors (Lipinski definition) is 0. The van der Waals surface area contributed by atoms with E-state index in [2.05, 4.69) is 46.0 Å². The van der Waals surface area contributed by atoms with Crippen LogP contribution in [0.3, 0.4) is 0 Å². The predicted molar refractivity (Wildman–Crippen MR) is 135 cm³/mol. The minimum atomic E-state index is -2.12. The highest BCUT2D eigenvalue weighted by Crippen LogP contribution is 2.38. The molecule has 0 spiro atoms. The van der Waals surface area contributed by atoms with Crippen molar-refractivity contribution in [2.75, 3.05) is 0 Å². The Morgan fingerprint density at radius 2 is 1.42 bits per heavy atom. The number of benzene rings is 2. The van der Waals surface area contributed by atoms with Crippen molar-refractivity contribution in [1.29, 1.82) is 0 Å². The van der Waals surface area contributed by atoms with Crippen LogP contribution in [0.15, 0.2) is 72.8 Å². The molecule has 0 saturated carbocycles. The van der Waals surface area contributed by atoms with Crippen LogP contribution in [0.2, 0.25) is 18.1 Å². The molecule has 2 aromatic rings. The maximum Gasteiger partial charge on any atom is 0.193 e. The molecule has 1 aliphatic rings. The average Bonchev–Trinajstić information content (AvgIpc) is 2.77. The Kier molecular flexibility index (Phi) is 8.82. The van der Waals surface area contributed by atoms with Crippen molar-refractivity contribution in [3.05, 3.63) is 83.9 Å². The van der Waals surface area contributed by atoms with Gasteiger partial charge in [-0.2, -0.15) is 0 Å². The molecule has 0 bridgehead atoms. The summed E-state index contributed by atoms with van der Waals surface area (Å²) in [4.78, 5) is 13.2. The van der Waals surface area contributed by atoms with Gasteiger partial charge in [0.1, 0.15) is 12.2 Å². The molecule has 0 radical (unpaired) electrons. The van der Waals surface area contributed by atoms with Crippen molar-refractivity contribution in [3.63, 3.8) is 0 Å². The van der Waals surface area contributed by atoms with E-state index in [0.29, 0.717) is 26.1 Å². The maximum atomic E-state index is 13.2. The zero-order chi connectivity index (χ0) is 23.9. The Labute approximate surface area is 200 Å². The van der Waals surface area contributed by atoms with Crippen molar-refractivity contribution < 1.29 is 18.7 Å². The van der Waals surface area contributed by atoms with Gasteiger partial charge in [0.25, 0.3) is 0 Å². The lowest BCUT2D eigenvalue weighted by Crippen LogP contribution is -2.52. The standard InChI is InChI=1S/C28H38O4Si/c1-28(2,3)33(4,5)32-25-19-13-12-18-24(29)26(30-20-22-14-8-6-9-15-22)27(25)31-21-23-16-10-7-11-17-23/h6-11,13-17,19,25-27H,12,18,20-21H2,1-5H3/b19-13-/t25-,26+,27+/m1/s1. The van der Waals surface area contributed by atoms with Gasteiger partial charge in [-0.05, 0) is 35.7 Å². The number of carbonyl (C=O) groups is 1. The highest BCUT2D eigenvalue weighted by atomic mass is 28.4. The molecule has 0 saturated heterocycles. The van der Waals surface area contributed by atoms with Crippen molar-refractivity contribution in [2.24, 2.45) is 0 Å². The first-order valence-corrected chi connectivity index (χ1v) is 14.8. The molecule has 0 aromatic heterocycles. The largest absolute Gasteiger partial charge is 0.408 e. The van der Waals surface area contributed by atoms with E-state index in [4.69, 9.17) is 13.9 Å². The van der Waals surface area contributed by atoms with Gasteiger partial charge in [0.2, 0.25) is 0 Å². The van der Waals surface area contributed by atoms with Gasteiger partial charge in [-0.3, -0.25) is 4.79 Å². The minimum absolute atomic E-state index is 0.0393. The van der Waals surface area contributed by atoms with Crippen LogP contribution in [-0.2, 0) is 31.9 Å². The van der Waals surface area contributed by atoms with Gasteiger partial charge in [0, 0.05) is 6.42 Å². The second-order valence-corrected chi connectivity index (χ2v) is 15.0. The Hall–Kier alpha value is -2.05. The molecule has 0 N–H and O–H groups in total. The van der Waals surface area contributed by atoms with Crippen molar-refractivity contribution in [1.82, 2.24) is 0 Å². The van der Waals surface area contributed by atoms with E-state index in [0.717, 1.165) is 11.1 Å². The minimum Gasteiger partial charge on any atom is -0.408 e. The number of carbonyl (C=O) groups excluding carboxylic acids is 1. The summed E-state index contributed by atoms with van der Waals surface area (Å²) in [5, 5.41) is 0.0393. The average molecular weight is 467 g/mol. The normalized spacial score (nSPS) is 23.1. The summed E-state index contributed by atoms with van der Waals surface area (Å²) in [7, 11) is -2.12. The molecule has 3 atom stereocenters. The van der Waals surface area contributed by atoms with Crippen LogP contribution in [-0.4, -0.2) is 32.4 Å². The monoisotopic (exact) mass is 466 g/mol. The van der Waals surface area contributed by atoms with Crippen LogP contribution in [0.4, 0.5) is 0 Å². The summed E-state index contributed by atoms with van der Waals surface area (Å²) in [6, 6.07) is 20.0. The van der Waals surface area contributed by atoms with E-state index < -0.39 is 20.5 Å². The number of rotatable bonds is 8. The zero-order valence-electron chi connectivity index (χ0n) is 20.6. The number of ketones is 1. The van der Waals surface area contributed by atoms with Gasteiger partial charge in [0.15, 0.2) is 14.1 Å². The molecule has 3 rings (SSSR count). The first-order chi connectivity index (χ1) is 15.7. The molecule has 1 aliphatic carbocycles. The third-order valence-corrected chi connectivity index (χ3v) is 11.1. The molecule has 0 fully saturated rings. The smallest absolute Gasteiger partial charge is 0.193 e. The summed E-state index contributed by atoms with van der Waals surface area (Å²) in [5.74, 6) is 0.0668. The second kappa shape index (κ2) is 11.4. The Morgan fingerprint density at radius 3 is 1.97 bits per heavy atom. The fourth-order valence-corrected chi connectivity index (χ4v) is 4.83. The molecule has 5 heteroatoms. The number of hydrogen-bond acceptors (Lipinski definition) is 4. The van der Waals surface area contributed by atoms with Crippen LogP contribution in [0.1, 0.15) is 44.7 Å². The molecule has 33 heavy (non-hydrogen) atoms. The molecular formula is C28H38O4Si. The first kappa shape index (κ1) is 25.6. The molecule has 0 heterocycles. The van der Waals surface area contributed by atoms with E-state index in [1.807, 2.05) is 60.7 Å². The molecule has 2 aromatic carbocycles. The highest BCUT2D eigenvalue weighted by Gasteiger charge is 2.43. The predicted octanol–water partition coefficient (Wildman–Crippen LogP) is 6.47. The quantitative estimate of drug-likeness (QED) is 0.330. The number of ether oxygens (including phenoxy) is 2. The van der Waals surface area contributed by atoms with E-state index in [9.17, 15) is 4.79 Å². The lowest BCUT2D eigenvalue weighted by molar-refractivity contribution is -0.154. The maximum absolute atomic E-state index is 13.2. The first-order valence-electron chi connectivity index (χ1n) is 11.9. The SMILES string of the molecule is CC(C)(C)[Si](C)(C)O[C@@H]1/C=C\CCC(=O)[C@H](OCc2ccccc2)[C@H]1OCc1ccccc1.